The number of rotatable bonds is 4. The molecule has 0 saturated carbocycles. The largest absolute Gasteiger partial charge is 0.469 e. The molecule has 0 aliphatic carbocycles. The third-order valence-electron chi connectivity index (χ3n) is 2.03. The summed E-state index contributed by atoms with van der Waals surface area (Å²) in [5.41, 5.74) is 0.608. The summed E-state index contributed by atoms with van der Waals surface area (Å²) < 4.78 is 29.2. The normalized spacial score (nSPS) is 10.6. The summed E-state index contributed by atoms with van der Waals surface area (Å²) in [5.74, 6) is -0.388. The maximum Gasteiger partial charge on any atom is 0.309 e. The minimum atomic E-state index is -2.67. The second-order valence-electron chi connectivity index (χ2n) is 3.07. The van der Waals surface area contributed by atoms with Crippen LogP contribution in [0.1, 0.15) is 23.2 Å². The standard InChI is InChI=1S/C10H10ClF2NO2/c1-16-9(15)3-6-2-8(10(12)13)14-5-7(6)4-11/h2,5,10H,3-4H2,1H3. The first-order valence-corrected chi connectivity index (χ1v) is 5.00. The average Bonchev–Trinajstić information content (AvgIpc) is 2.28. The van der Waals surface area contributed by atoms with Gasteiger partial charge in [0.25, 0.3) is 6.43 Å². The first-order valence-electron chi connectivity index (χ1n) is 4.47. The number of pyridine rings is 1. The third-order valence-corrected chi connectivity index (χ3v) is 2.32. The van der Waals surface area contributed by atoms with Crippen molar-refractivity contribution >= 4 is 17.6 Å². The Labute approximate surface area is 96.4 Å². The Hall–Kier alpha value is -1.23. The SMILES string of the molecule is COC(=O)Cc1cc(C(F)F)ncc1CCl. The highest BCUT2D eigenvalue weighted by Crippen LogP contribution is 2.20. The maximum atomic E-state index is 12.4. The Morgan fingerprint density at radius 3 is 2.75 bits per heavy atom. The Morgan fingerprint density at radius 1 is 1.56 bits per heavy atom. The van der Waals surface area contributed by atoms with Crippen molar-refractivity contribution in [3.8, 4) is 0 Å². The van der Waals surface area contributed by atoms with E-state index in [9.17, 15) is 13.6 Å². The molecule has 6 heteroatoms. The lowest BCUT2D eigenvalue weighted by molar-refractivity contribution is -0.139. The summed E-state index contributed by atoms with van der Waals surface area (Å²) in [4.78, 5) is 14.6. The number of carbonyl (C=O) groups is 1. The van der Waals surface area contributed by atoms with Gasteiger partial charge in [-0.05, 0) is 17.2 Å². The average molecular weight is 250 g/mol. The number of hydrogen-bond donors (Lipinski definition) is 0. The molecule has 0 N–H and O–H groups in total. The van der Waals surface area contributed by atoms with Gasteiger partial charge in [-0.2, -0.15) is 0 Å². The first-order chi connectivity index (χ1) is 7.58. The molecular formula is C10H10ClF2NO2. The highest BCUT2D eigenvalue weighted by molar-refractivity contribution is 6.17. The monoisotopic (exact) mass is 249 g/mol. The lowest BCUT2D eigenvalue weighted by Gasteiger charge is -2.07. The fourth-order valence-electron chi connectivity index (χ4n) is 1.18. The van der Waals surface area contributed by atoms with Crippen LogP contribution >= 0.6 is 11.6 Å². The Kier molecular flexibility index (Phi) is 4.61. The van der Waals surface area contributed by atoms with Gasteiger partial charge in [0.2, 0.25) is 0 Å². The lowest BCUT2D eigenvalue weighted by atomic mass is 10.1. The minimum Gasteiger partial charge on any atom is -0.469 e. The Balaban J connectivity index is 3.02. The molecule has 1 aromatic heterocycles. The highest BCUT2D eigenvalue weighted by atomic mass is 35.5. The number of alkyl halides is 3. The van der Waals surface area contributed by atoms with Crippen molar-refractivity contribution < 1.29 is 18.3 Å². The smallest absolute Gasteiger partial charge is 0.309 e. The van der Waals surface area contributed by atoms with Crippen LogP contribution in [0.15, 0.2) is 12.3 Å². The molecule has 1 rings (SSSR count). The zero-order chi connectivity index (χ0) is 12.1. The molecule has 0 atom stereocenters. The molecule has 0 aliphatic rings. The van der Waals surface area contributed by atoms with Crippen LogP contribution in [0.25, 0.3) is 0 Å². The Morgan fingerprint density at radius 2 is 2.25 bits per heavy atom. The molecule has 1 aromatic rings. The van der Waals surface area contributed by atoms with E-state index in [1.165, 1.54) is 19.4 Å². The van der Waals surface area contributed by atoms with Crippen molar-refractivity contribution in [2.24, 2.45) is 0 Å². The van der Waals surface area contributed by atoms with Crippen LogP contribution in [0.2, 0.25) is 0 Å². The quantitative estimate of drug-likeness (QED) is 0.608. The Bertz CT molecular complexity index is 385. The molecule has 0 radical (unpaired) electrons. The number of carbonyl (C=O) groups excluding carboxylic acids is 1. The molecule has 0 aromatic carbocycles. The van der Waals surface area contributed by atoms with E-state index in [0.717, 1.165) is 0 Å². The van der Waals surface area contributed by atoms with Gasteiger partial charge in [-0.1, -0.05) is 0 Å². The number of hydrogen-bond acceptors (Lipinski definition) is 3. The zero-order valence-corrected chi connectivity index (χ0v) is 9.30. The van der Waals surface area contributed by atoms with Crippen LogP contribution < -0.4 is 0 Å². The number of esters is 1. The van der Waals surface area contributed by atoms with E-state index in [0.29, 0.717) is 11.1 Å². The molecule has 0 spiro atoms. The van der Waals surface area contributed by atoms with Gasteiger partial charge in [0.1, 0.15) is 5.69 Å². The minimum absolute atomic E-state index is 0.0825. The molecule has 0 bridgehead atoms. The van der Waals surface area contributed by atoms with Crippen LogP contribution in [-0.2, 0) is 21.8 Å². The van der Waals surface area contributed by atoms with Crippen LogP contribution in [-0.4, -0.2) is 18.1 Å². The molecule has 0 amide bonds. The maximum absolute atomic E-state index is 12.4. The van der Waals surface area contributed by atoms with Gasteiger partial charge in [0.05, 0.1) is 13.5 Å². The van der Waals surface area contributed by atoms with Crippen LogP contribution in [0.3, 0.4) is 0 Å². The number of ether oxygens (including phenoxy) is 1. The predicted octanol–water partition coefficient (Wildman–Crippen LogP) is 2.47. The van der Waals surface area contributed by atoms with Crippen molar-refractivity contribution in [2.75, 3.05) is 7.11 Å². The summed E-state index contributed by atoms with van der Waals surface area (Å²) >= 11 is 5.61. The summed E-state index contributed by atoms with van der Waals surface area (Å²) in [7, 11) is 1.23. The van der Waals surface area contributed by atoms with Gasteiger partial charge in [-0.15, -0.1) is 11.6 Å². The molecule has 1 heterocycles. The fraction of sp³-hybridized carbons (Fsp3) is 0.400. The predicted molar refractivity (Wildman–Crippen MR) is 54.5 cm³/mol. The van der Waals surface area contributed by atoms with E-state index >= 15 is 0 Å². The zero-order valence-electron chi connectivity index (χ0n) is 8.54. The number of halogens is 3. The van der Waals surface area contributed by atoms with E-state index in [-0.39, 0.29) is 18.0 Å². The van der Waals surface area contributed by atoms with Gasteiger partial charge in [0, 0.05) is 12.1 Å². The molecular weight excluding hydrogens is 240 g/mol. The van der Waals surface area contributed by atoms with Crippen molar-refractivity contribution in [3.05, 3.63) is 29.1 Å². The van der Waals surface area contributed by atoms with Crippen molar-refractivity contribution in [1.29, 1.82) is 0 Å². The lowest BCUT2D eigenvalue weighted by Crippen LogP contribution is -2.08. The summed E-state index contributed by atoms with van der Waals surface area (Å²) in [6, 6.07) is 1.18. The third kappa shape index (κ3) is 3.13. The fourth-order valence-corrected chi connectivity index (χ4v) is 1.42. The van der Waals surface area contributed by atoms with E-state index in [2.05, 4.69) is 9.72 Å². The second kappa shape index (κ2) is 5.75. The van der Waals surface area contributed by atoms with E-state index < -0.39 is 12.4 Å². The van der Waals surface area contributed by atoms with E-state index in [1.807, 2.05) is 0 Å². The van der Waals surface area contributed by atoms with Crippen LogP contribution in [0.5, 0.6) is 0 Å². The van der Waals surface area contributed by atoms with Crippen molar-refractivity contribution in [3.63, 3.8) is 0 Å². The topological polar surface area (TPSA) is 39.2 Å². The van der Waals surface area contributed by atoms with Crippen molar-refractivity contribution in [2.45, 2.75) is 18.7 Å². The number of nitrogens with zero attached hydrogens (tertiary/aromatic N) is 1. The van der Waals surface area contributed by atoms with Gasteiger partial charge >= 0.3 is 5.97 Å². The van der Waals surface area contributed by atoms with Crippen LogP contribution in [0, 0.1) is 0 Å². The number of methoxy groups -OCH3 is 1. The number of aromatic nitrogens is 1. The molecule has 0 saturated heterocycles. The molecule has 0 aliphatic heterocycles. The van der Waals surface area contributed by atoms with Crippen LogP contribution in [0.4, 0.5) is 8.78 Å². The molecule has 3 nitrogen and oxygen atoms in total. The first kappa shape index (κ1) is 12.8. The molecule has 88 valence electrons. The van der Waals surface area contributed by atoms with E-state index in [1.54, 1.807) is 0 Å². The highest BCUT2D eigenvalue weighted by Gasteiger charge is 2.14. The van der Waals surface area contributed by atoms with Gasteiger partial charge in [-0.25, -0.2) is 8.78 Å². The van der Waals surface area contributed by atoms with Crippen molar-refractivity contribution in [1.82, 2.24) is 4.98 Å². The van der Waals surface area contributed by atoms with E-state index in [4.69, 9.17) is 11.6 Å². The van der Waals surface area contributed by atoms with Gasteiger partial charge in [0.15, 0.2) is 0 Å². The molecule has 16 heavy (non-hydrogen) atoms. The molecule has 0 fully saturated rings. The second-order valence-corrected chi connectivity index (χ2v) is 3.33. The summed E-state index contributed by atoms with van der Waals surface area (Å²) in [6.07, 6.45) is -1.49. The van der Waals surface area contributed by atoms with Gasteiger partial charge < -0.3 is 4.74 Å². The summed E-state index contributed by atoms with van der Waals surface area (Å²) in [5, 5.41) is 0. The summed E-state index contributed by atoms with van der Waals surface area (Å²) in [6.45, 7) is 0. The van der Waals surface area contributed by atoms with Gasteiger partial charge in [-0.3, -0.25) is 9.78 Å². The molecule has 0 unspecified atom stereocenters.